The highest BCUT2D eigenvalue weighted by Crippen LogP contribution is 2.22. The highest BCUT2D eigenvalue weighted by Gasteiger charge is 2.41. The fourth-order valence-corrected chi connectivity index (χ4v) is 5.81. The number of hydrogen-bond acceptors (Lipinski definition) is 6. The van der Waals surface area contributed by atoms with Crippen molar-refractivity contribution in [2.75, 3.05) is 6.54 Å². The van der Waals surface area contributed by atoms with E-state index in [2.05, 4.69) is 16.0 Å². The number of amides is 4. The second kappa shape index (κ2) is 16.3. The second-order valence-corrected chi connectivity index (χ2v) is 12.0. The van der Waals surface area contributed by atoms with E-state index in [4.69, 9.17) is 0 Å². The van der Waals surface area contributed by atoms with Crippen LogP contribution >= 0.6 is 0 Å². The van der Waals surface area contributed by atoms with Crippen molar-refractivity contribution in [2.45, 2.75) is 122 Å². The first kappa shape index (κ1) is 33.9. The Labute approximate surface area is 255 Å². The summed E-state index contributed by atoms with van der Waals surface area (Å²) >= 11 is 0. The molecule has 0 aromatic heterocycles. The largest absolute Gasteiger partial charge is 0.343 e. The van der Waals surface area contributed by atoms with Crippen LogP contribution in [0.3, 0.4) is 0 Å². The van der Waals surface area contributed by atoms with E-state index in [-0.39, 0.29) is 29.8 Å². The quantitative estimate of drug-likeness (QED) is 0.250. The Balaban J connectivity index is 1.92. The van der Waals surface area contributed by atoms with Crippen molar-refractivity contribution in [2.24, 2.45) is 5.92 Å². The van der Waals surface area contributed by atoms with E-state index in [1.54, 1.807) is 30.0 Å². The Morgan fingerprint density at radius 2 is 1.60 bits per heavy atom. The molecule has 236 valence electrons. The number of rotatable bonds is 12. The predicted octanol–water partition coefficient (Wildman–Crippen LogP) is 3.39. The van der Waals surface area contributed by atoms with Crippen molar-refractivity contribution in [3.8, 4) is 0 Å². The number of nitrogens with zero attached hydrogens (tertiary/aromatic N) is 1. The Morgan fingerprint density at radius 3 is 2.30 bits per heavy atom. The molecule has 2 aliphatic rings. The number of carbonyl (C=O) groups is 6. The van der Waals surface area contributed by atoms with Gasteiger partial charge in [-0.05, 0) is 50.5 Å². The summed E-state index contributed by atoms with van der Waals surface area (Å²) in [5.74, 6) is -2.24. The standard InChI is InChI=1S/C33H48N4O6/c1-5-21(3)29-33(43)37-19-13-12-18-27(37)32(42)34-25(17-9-7-8-15-23(38)6-2)30(40)35-26(31(41)36-29)20-28(39)24-16-11-10-14-22(24)4/h10-11,14,16,21,25-27,29H,5-9,12-13,15,17-20H2,1-4H3,(H,34,42)(H,35,40)(H,36,41)/t21?,25-,26?,27+,29-/m0/s1. The van der Waals surface area contributed by atoms with Crippen molar-refractivity contribution >= 4 is 35.2 Å². The first-order chi connectivity index (χ1) is 20.6. The molecule has 43 heavy (non-hydrogen) atoms. The topological polar surface area (TPSA) is 142 Å². The summed E-state index contributed by atoms with van der Waals surface area (Å²) < 4.78 is 0. The van der Waals surface area contributed by atoms with Crippen LogP contribution in [0, 0.1) is 12.8 Å². The Hall–Kier alpha value is -3.56. The summed E-state index contributed by atoms with van der Waals surface area (Å²) in [6.45, 7) is 7.80. The number of carbonyl (C=O) groups excluding carboxylic acids is 6. The highest BCUT2D eigenvalue weighted by molar-refractivity contribution is 6.03. The molecule has 3 N–H and O–H groups in total. The van der Waals surface area contributed by atoms with E-state index < -0.39 is 41.9 Å². The van der Waals surface area contributed by atoms with Crippen molar-refractivity contribution in [1.29, 1.82) is 0 Å². The molecule has 1 aromatic carbocycles. The van der Waals surface area contributed by atoms with Crippen molar-refractivity contribution in [3.63, 3.8) is 0 Å². The molecule has 4 amide bonds. The van der Waals surface area contributed by atoms with Gasteiger partial charge in [-0.1, -0.05) is 64.3 Å². The molecule has 2 heterocycles. The van der Waals surface area contributed by atoms with Gasteiger partial charge in [-0.15, -0.1) is 0 Å². The zero-order valence-electron chi connectivity index (χ0n) is 26.1. The molecule has 2 fully saturated rings. The average molecular weight is 597 g/mol. The average Bonchev–Trinajstić information content (AvgIpc) is 3.01. The van der Waals surface area contributed by atoms with E-state index in [1.165, 1.54) is 0 Å². The summed E-state index contributed by atoms with van der Waals surface area (Å²) in [6.07, 6.45) is 5.52. The number of hydrogen-bond donors (Lipinski definition) is 3. The van der Waals surface area contributed by atoms with E-state index in [9.17, 15) is 28.8 Å². The third-order valence-corrected chi connectivity index (χ3v) is 8.81. The lowest BCUT2D eigenvalue weighted by atomic mass is 9.93. The molecule has 1 aromatic rings. The molecular formula is C33H48N4O6. The van der Waals surface area contributed by atoms with Crippen LogP contribution in [0.1, 0.15) is 107 Å². The van der Waals surface area contributed by atoms with Gasteiger partial charge in [0.2, 0.25) is 23.6 Å². The van der Waals surface area contributed by atoms with Gasteiger partial charge in [-0.3, -0.25) is 28.8 Å². The SMILES string of the molecule is CCC(=O)CCCCC[C@@H]1NC(=O)[C@H]2CCCCN2C(=O)[C@H](C(C)CC)NC(=O)C(CC(=O)c2ccccc2C)NC1=O. The third kappa shape index (κ3) is 9.21. The molecular weight excluding hydrogens is 548 g/mol. The Kier molecular flexibility index (Phi) is 12.9. The number of benzene rings is 1. The highest BCUT2D eigenvalue weighted by atomic mass is 16.2. The van der Waals surface area contributed by atoms with Gasteiger partial charge in [0.1, 0.15) is 30.0 Å². The molecule has 0 radical (unpaired) electrons. The summed E-state index contributed by atoms with van der Waals surface area (Å²) in [5.41, 5.74) is 1.20. The number of unbranched alkanes of at least 4 members (excludes halogenated alkanes) is 2. The summed E-state index contributed by atoms with van der Waals surface area (Å²) in [5, 5.41) is 8.47. The van der Waals surface area contributed by atoms with E-state index in [0.717, 1.165) is 18.4 Å². The maximum Gasteiger partial charge on any atom is 0.246 e. The molecule has 5 atom stereocenters. The lowest BCUT2D eigenvalue weighted by molar-refractivity contribution is -0.147. The summed E-state index contributed by atoms with van der Waals surface area (Å²) in [7, 11) is 0. The van der Waals surface area contributed by atoms with Crippen LogP contribution in [0.4, 0.5) is 0 Å². The van der Waals surface area contributed by atoms with Crippen LogP contribution in [-0.4, -0.2) is 70.8 Å². The fraction of sp³-hybridized carbons (Fsp3) is 0.636. The van der Waals surface area contributed by atoms with Crippen LogP contribution in [0.15, 0.2) is 24.3 Å². The third-order valence-electron chi connectivity index (χ3n) is 8.81. The van der Waals surface area contributed by atoms with Crippen LogP contribution in [0.2, 0.25) is 0 Å². The lowest BCUT2D eigenvalue weighted by Crippen LogP contribution is -2.64. The van der Waals surface area contributed by atoms with Crippen molar-refractivity contribution < 1.29 is 28.8 Å². The first-order valence-electron chi connectivity index (χ1n) is 15.9. The number of aryl methyl sites for hydroxylation is 1. The predicted molar refractivity (Wildman–Crippen MR) is 163 cm³/mol. The molecule has 2 unspecified atom stereocenters. The van der Waals surface area contributed by atoms with Gasteiger partial charge in [0.05, 0.1) is 0 Å². The zero-order chi connectivity index (χ0) is 31.5. The lowest BCUT2D eigenvalue weighted by Gasteiger charge is -2.39. The molecule has 10 heteroatoms. The maximum absolute atomic E-state index is 13.9. The van der Waals surface area contributed by atoms with Crippen LogP contribution in [0.25, 0.3) is 0 Å². The monoisotopic (exact) mass is 596 g/mol. The number of fused-ring (bicyclic) bond motifs is 1. The molecule has 2 aliphatic heterocycles. The minimum Gasteiger partial charge on any atom is -0.343 e. The molecule has 2 saturated heterocycles. The molecule has 10 nitrogen and oxygen atoms in total. The van der Waals surface area contributed by atoms with Gasteiger partial charge in [-0.25, -0.2) is 0 Å². The second-order valence-electron chi connectivity index (χ2n) is 12.0. The minimum atomic E-state index is -1.24. The van der Waals surface area contributed by atoms with Crippen LogP contribution in [0.5, 0.6) is 0 Å². The van der Waals surface area contributed by atoms with E-state index in [1.807, 2.05) is 26.8 Å². The Morgan fingerprint density at radius 1 is 0.907 bits per heavy atom. The fourth-order valence-electron chi connectivity index (χ4n) is 5.81. The van der Waals surface area contributed by atoms with Crippen molar-refractivity contribution in [1.82, 2.24) is 20.9 Å². The normalized spacial score (nSPS) is 24.0. The summed E-state index contributed by atoms with van der Waals surface area (Å²) in [6, 6.07) is 3.21. The molecule has 0 spiro atoms. The molecule has 0 saturated carbocycles. The number of Topliss-reactive ketones (excluding diaryl/α,β-unsaturated/α-hetero) is 2. The van der Waals surface area contributed by atoms with Crippen LogP contribution in [-0.2, 0) is 24.0 Å². The Bertz CT molecular complexity index is 1180. The minimum absolute atomic E-state index is 0.182. The van der Waals surface area contributed by atoms with Crippen molar-refractivity contribution in [3.05, 3.63) is 35.4 Å². The maximum atomic E-state index is 13.9. The van der Waals surface area contributed by atoms with Gasteiger partial charge < -0.3 is 20.9 Å². The first-order valence-corrected chi connectivity index (χ1v) is 15.9. The van der Waals surface area contributed by atoms with Gasteiger partial charge in [-0.2, -0.15) is 0 Å². The summed E-state index contributed by atoms with van der Waals surface area (Å²) in [4.78, 5) is 81.5. The molecule has 0 aliphatic carbocycles. The van der Waals surface area contributed by atoms with Crippen LogP contribution < -0.4 is 16.0 Å². The number of nitrogens with one attached hydrogen (secondary N) is 3. The van der Waals surface area contributed by atoms with E-state index >= 15 is 0 Å². The van der Waals surface area contributed by atoms with Gasteiger partial charge >= 0.3 is 0 Å². The van der Waals surface area contributed by atoms with E-state index in [0.29, 0.717) is 63.5 Å². The number of ketones is 2. The van der Waals surface area contributed by atoms with Gasteiger partial charge in [0, 0.05) is 31.4 Å². The van der Waals surface area contributed by atoms with Gasteiger partial charge in [0.15, 0.2) is 5.78 Å². The molecule has 0 bridgehead atoms. The smallest absolute Gasteiger partial charge is 0.246 e. The zero-order valence-corrected chi connectivity index (χ0v) is 26.1. The molecule has 3 rings (SSSR count). The number of piperidine rings is 1. The van der Waals surface area contributed by atoms with Gasteiger partial charge in [0.25, 0.3) is 0 Å².